The van der Waals surface area contributed by atoms with Crippen LogP contribution in [-0.4, -0.2) is 28.3 Å². The lowest BCUT2D eigenvalue weighted by Gasteiger charge is -2.34. The normalized spacial score (nSPS) is 19.6. The van der Waals surface area contributed by atoms with Crippen molar-refractivity contribution in [2.75, 3.05) is 6.61 Å². The monoisotopic (exact) mass is 293 g/mol. The summed E-state index contributed by atoms with van der Waals surface area (Å²) in [7, 11) is 0. The molecule has 1 aromatic heterocycles. The molecule has 1 aliphatic rings. The minimum Gasteiger partial charge on any atom is -0.377 e. The van der Waals surface area contributed by atoms with Crippen LogP contribution in [0.5, 0.6) is 0 Å². The lowest BCUT2D eigenvalue weighted by Crippen LogP contribution is -2.44. The fourth-order valence-corrected chi connectivity index (χ4v) is 3.57. The Hall–Kier alpha value is -0.870. The molecule has 1 saturated carbocycles. The van der Waals surface area contributed by atoms with Crippen molar-refractivity contribution in [1.82, 2.24) is 9.55 Å². The highest BCUT2D eigenvalue weighted by Crippen LogP contribution is 2.29. The molecule has 0 amide bonds. The van der Waals surface area contributed by atoms with Crippen molar-refractivity contribution in [3.8, 4) is 0 Å². The fraction of sp³-hybridized carbons (Fsp3) is 0.824. The van der Waals surface area contributed by atoms with Gasteiger partial charge in [0.1, 0.15) is 5.82 Å². The van der Waals surface area contributed by atoms with E-state index in [1.807, 2.05) is 6.20 Å². The van der Waals surface area contributed by atoms with Crippen LogP contribution in [0.25, 0.3) is 0 Å². The molecule has 1 aromatic rings. The Labute approximate surface area is 129 Å². The van der Waals surface area contributed by atoms with E-state index in [1.165, 1.54) is 32.1 Å². The Morgan fingerprint density at radius 2 is 2.10 bits per heavy atom. The maximum Gasteiger partial charge on any atom is 0.110 e. The third-order valence-electron chi connectivity index (χ3n) is 4.58. The van der Waals surface area contributed by atoms with E-state index in [1.54, 1.807) is 0 Å². The van der Waals surface area contributed by atoms with E-state index >= 15 is 0 Å². The van der Waals surface area contributed by atoms with Crippen LogP contribution < -0.4 is 5.73 Å². The first-order valence-electron chi connectivity index (χ1n) is 8.63. The van der Waals surface area contributed by atoms with Crippen molar-refractivity contribution in [2.45, 2.75) is 77.5 Å². The Balaban J connectivity index is 1.99. The van der Waals surface area contributed by atoms with E-state index in [0.717, 1.165) is 31.8 Å². The second-order valence-electron chi connectivity index (χ2n) is 6.22. The van der Waals surface area contributed by atoms with E-state index in [9.17, 15) is 0 Å². The first kappa shape index (κ1) is 16.5. The zero-order chi connectivity index (χ0) is 15.1. The number of aryl methyl sites for hydroxylation is 1. The van der Waals surface area contributed by atoms with E-state index < -0.39 is 0 Å². The topological polar surface area (TPSA) is 53.1 Å². The number of rotatable bonds is 8. The summed E-state index contributed by atoms with van der Waals surface area (Å²) >= 11 is 0. The molecule has 1 aliphatic carbocycles. The molecular weight excluding hydrogens is 262 g/mol. The van der Waals surface area contributed by atoms with Gasteiger partial charge < -0.3 is 15.0 Å². The molecule has 4 nitrogen and oxygen atoms in total. The summed E-state index contributed by atoms with van der Waals surface area (Å²) in [6.07, 6.45) is 12.6. The maximum atomic E-state index is 6.51. The standard InChI is InChI=1S/C17H31N3O/c1-3-11-20-12-10-19-16(20)13-15(18)17(21-4-2)14-8-6-5-7-9-14/h10,12,14-15,17H,3-9,11,13,18H2,1-2H3. The third kappa shape index (κ3) is 4.55. The zero-order valence-corrected chi connectivity index (χ0v) is 13.6. The molecule has 2 N–H and O–H groups in total. The highest BCUT2D eigenvalue weighted by atomic mass is 16.5. The largest absolute Gasteiger partial charge is 0.377 e. The van der Waals surface area contributed by atoms with Gasteiger partial charge in [0, 0.05) is 38.0 Å². The minimum atomic E-state index is 0.0473. The van der Waals surface area contributed by atoms with Crippen LogP contribution in [0.15, 0.2) is 12.4 Å². The second-order valence-corrected chi connectivity index (χ2v) is 6.22. The van der Waals surface area contributed by atoms with Gasteiger partial charge in [0.25, 0.3) is 0 Å². The Kier molecular flexibility index (Phi) is 6.71. The van der Waals surface area contributed by atoms with Crippen LogP contribution in [0, 0.1) is 5.92 Å². The summed E-state index contributed by atoms with van der Waals surface area (Å²) in [6, 6.07) is 0.0473. The molecule has 0 aliphatic heterocycles. The van der Waals surface area contributed by atoms with Gasteiger partial charge in [-0.2, -0.15) is 0 Å². The van der Waals surface area contributed by atoms with Gasteiger partial charge in [0.2, 0.25) is 0 Å². The molecule has 2 atom stereocenters. The highest BCUT2D eigenvalue weighted by molar-refractivity contribution is 4.98. The lowest BCUT2D eigenvalue weighted by molar-refractivity contribution is -0.00961. The van der Waals surface area contributed by atoms with Gasteiger partial charge >= 0.3 is 0 Å². The molecule has 1 fully saturated rings. The first-order valence-corrected chi connectivity index (χ1v) is 8.63. The van der Waals surface area contributed by atoms with Gasteiger partial charge in [-0.15, -0.1) is 0 Å². The summed E-state index contributed by atoms with van der Waals surface area (Å²) < 4.78 is 8.26. The third-order valence-corrected chi connectivity index (χ3v) is 4.58. The second kappa shape index (κ2) is 8.54. The van der Waals surface area contributed by atoms with Crippen LogP contribution in [0.2, 0.25) is 0 Å². The summed E-state index contributed by atoms with van der Waals surface area (Å²) in [4.78, 5) is 4.49. The van der Waals surface area contributed by atoms with Crippen molar-refractivity contribution >= 4 is 0 Å². The molecule has 0 radical (unpaired) electrons. The highest BCUT2D eigenvalue weighted by Gasteiger charge is 2.29. The van der Waals surface area contributed by atoms with Crippen LogP contribution in [-0.2, 0) is 17.7 Å². The molecule has 4 heteroatoms. The first-order chi connectivity index (χ1) is 10.3. The minimum absolute atomic E-state index is 0.0473. The molecule has 0 saturated heterocycles. The summed E-state index contributed by atoms with van der Waals surface area (Å²) in [5, 5.41) is 0. The Morgan fingerprint density at radius 3 is 2.76 bits per heavy atom. The smallest absolute Gasteiger partial charge is 0.110 e. The van der Waals surface area contributed by atoms with Gasteiger partial charge in [-0.05, 0) is 32.1 Å². The van der Waals surface area contributed by atoms with Crippen LogP contribution in [0.3, 0.4) is 0 Å². The van der Waals surface area contributed by atoms with Crippen molar-refractivity contribution in [3.05, 3.63) is 18.2 Å². The molecule has 2 rings (SSSR count). The van der Waals surface area contributed by atoms with Gasteiger partial charge in [-0.25, -0.2) is 4.98 Å². The molecule has 0 aromatic carbocycles. The number of hydrogen-bond donors (Lipinski definition) is 1. The molecule has 0 spiro atoms. The van der Waals surface area contributed by atoms with Crippen molar-refractivity contribution in [2.24, 2.45) is 11.7 Å². The number of hydrogen-bond acceptors (Lipinski definition) is 3. The summed E-state index contributed by atoms with van der Waals surface area (Å²) in [5.74, 6) is 1.73. The number of imidazole rings is 1. The van der Waals surface area contributed by atoms with Crippen molar-refractivity contribution in [3.63, 3.8) is 0 Å². The quantitative estimate of drug-likeness (QED) is 0.801. The summed E-state index contributed by atoms with van der Waals surface area (Å²) in [5.41, 5.74) is 6.51. The lowest BCUT2D eigenvalue weighted by atomic mass is 9.82. The Bertz CT molecular complexity index is 398. The molecule has 120 valence electrons. The van der Waals surface area contributed by atoms with E-state index in [2.05, 4.69) is 29.6 Å². The van der Waals surface area contributed by atoms with Crippen LogP contribution in [0.4, 0.5) is 0 Å². The molecular formula is C17H31N3O. The fourth-order valence-electron chi connectivity index (χ4n) is 3.57. The number of nitrogens with zero attached hydrogens (tertiary/aromatic N) is 2. The Morgan fingerprint density at radius 1 is 1.33 bits per heavy atom. The van der Waals surface area contributed by atoms with Crippen molar-refractivity contribution < 1.29 is 4.74 Å². The van der Waals surface area contributed by atoms with E-state index in [4.69, 9.17) is 10.5 Å². The number of ether oxygens (including phenoxy) is 1. The predicted octanol–water partition coefficient (Wildman–Crippen LogP) is 3.15. The zero-order valence-electron chi connectivity index (χ0n) is 13.6. The maximum absolute atomic E-state index is 6.51. The van der Waals surface area contributed by atoms with Crippen LogP contribution in [0.1, 0.15) is 58.2 Å². The van der Waals surface area contributed by atoms with Gasteiger partial charge in [0.05, 0.1) is 6.10 Å². The average molecular weight is 293 g/mol. The predicted molar refractivity (Wildman–Crippen MR) is 86.2 cm³/mol. The van der Waals surface area contributed by atoms with E-state index in [0.29, 0.717) is 5.92 Å². The van der Waals surface area contributed by atoms with Crippen LogP contribution >= 0.6 is 0 Å². The van der Waals surface area contributed by atoms with Crippen molar-refractivity contribution in [1.29, 1.82) is 0 Å². The molecule has 1 heterocycles. The SMILES string of the molecule is CCCn1ccnc1CC(N)C(OCC)C1CCCCC1. The van der Waals surface area contributed by atoms with Gasteiger partial charge in [0.15, 0.2) is 0 Å². The van der Waals surface area contributed by atoms with E-state index in [-0.39, 0.29) is 12.1 Å². The average Bonchev–Trinajstić information content (AvgIpc) is 2.93. The molecule has 0 bridgehead atoms. The van der Waals surface area contributed by atoms with Gasteiger partial charge in [-0.1, -0.05) is 26.2 Å². The molecule has 21 heavy (non-hydrogen) atoms. The number of aromatic nitrogens is 2. The number of nitrogens with two attached hydrogens (primary N) is 1. The molecule has 2 unspecified atom stereocenters. The van der Waals surface area contributed by atoms with Gasteiger partial charge in [-0.3, -0.25) is 0 Å². The summed E-state index contributed by atoms with van der Waals surface area (Å²) in [6.45, 7) is 6.03.